The number of nitrogens with one attached hydrogen (secondary N) is 1. The van der Waals surface area contributed by atoms with E-state index in [1.165, 1.54) is 0 Å². The molecule has 0 radical (unpaired) electrons. The standard InChI is InChI=1S/C8H20N2O3/c1-8(6-9,10-4-5-11)7(12-2)13-3/h7,10-11H,4-6,9H2,1-3H3. The second kappa shape index (κ2) is 6.28. The summed E-state index contributed by atoms with van der Waals surface area (Å²) in [4.78, 5) is 0. The number of ether oxygens (including phenoxy) is 2. The van der Waals surface area contributed by atoms with Crippen LogP contribution in [0.1, 0.15) is 6.92 Å². The number of methoxy groups -OCH3 is 2. The summed E-state index contributed by atoms with van der Waals surface area (Å²) in [5, 5.41) is 11.7. The van der Waals surface area contributed by atoms with Gasteiger partial charge in [0.05, 0.1) is 12.1 Å². The fraction of sp³-hybridized carbons (Fsp3) is 1.00. The van der Waals surface area contributed by atoms with Crippen LogP contribution < -0.4 is 11.1 Å². The number of hydrogen-bond donors (Lipinski definition) is 3. The average molecular weight is 192 g/mol. The molecule has 4 N–H and O–H groups in total. The predicted molar refractivity (Wildman–Crippen MR) is 50.4 cm³/mol. The minimum absolute atomic E-state index is 0.0652. The molecule has 0 fully saturated rings. The summed E-state index contributed by atoms with van der Waals surface area (Å²) in [7, 11) is 3.12. The second-order valence-electron chi connectivity index (χ2n) is 3.08. The van der Waals surface area contributed by atoms with E-state index in [1.54, 1.807) is 14.2 Å². The van der Waals surface area contributed by atoms with E-state index in [4.69, 9.17) is 20.3 Å². The molecule has 5 heteroatoms. The summed E-state index contributed by atoms with van der Waals surface area (Å²) < 4.78 is 10.2. The number of hydrogen-bond acceptors (Lipinski definition) is 5. The Kier molecular flexibility index (Phi) is 6.19. The average Bonchev–Trinajstić information content (AvgIpc) is 2.16. The zero-order chi connectivity index (χ0) is 10.3. The molecule has 0 aliphatic heterocycles. The van der Waals surface area contributed by atoms with Crippen molar-refractivity contribution in [1.29, 1.82) is 0 Å². The van der Waals surface area contributed by atoms with Crippen molar-refractivity contribution in [2.75, 3.05) is 33.9 Å². The van der Waals surface area contributed by atoms with Gasteiger partial charge in [0, 0.05) is 27.3 Å². The van der Waals surface area contributed by atoms with Crippen LogP contribution in [0, 0.1) is 0 Å². The van der Waals surface area contributed by atoms with Crippen LogP contribution in [-0.4, -0.2) is 50.9 Å². The molecule has 0 aromatic heterocycles. The lowest BCUT2D eigenvalue weighted by atomic mass is 10.0. The monoisotopic (exact) mass is 192 g/mol. The third-order valence-corrected chi connectivity index (χ3v) is 2.01. The van der Waals surface area contributed by atoms with Gasteiger partial charge in [-0.25, -0.2) is 0 Å². The fourth-order valence-corrected chi connectivity index (χ4v) is 1.21. The number of rotatable bonds is 7. The van der Waals surface area contributed by atoms with E-state index in [0.29, 0.717) is 13.1 Å². The van der Waals surface area contributed by atoms with Gasteiger partial charge in [0.25, 0.3) is 0 Å². The molecular weight excluding hydrogens is 172 g/mol. The summed E-state index contributed by atoms with van der Waals surface area (Å²) in [6, 6.07) is 0. The van der Waals surface area contributed by atoms with Gasteiger partial charge in [0.1, 0.15) is 0 Å². The number of nitrogens with two attached hydrogens (primary N) is 1. The SMILES string of the molecule is COC(OC)C(C)(CN)NCCO. The van der Waals surface area contributed by atoms with Crippen molar-refractivity contribution in [3.8, 4) is 0 Å². The largest absolute Gasteiger partial charge is 0.395 e. The number of β-amino-alcohol motifs (C(OH)–C–C–N with tert-alkyl or cyclic N) is 1. The van der Waals surface area contributed by atoms with E-state index in [9.17, 15) is 0 Å². The van der Waals surface area contributed by atoms with Gasteiger partial charge in [0.2, 0.25) is 0 Å². The van der Waals surface area contributed by atoms with Gasteiger partial charge in [-0.3, -0.25) is 0 Å². The Morgan fingerprint density at radius 3 is 2.31 bits per heavy atom. The maximum absolute atomic E-state index is 8.67. The zero-order valence-electron chi connectivity index (χ0n) is 8.54. The topological polar surface area (TPSA) is 76.7 Å². The van der Waals surface area contributed by atoms with Crippen molar-refractivity contribution >= 4 is 0 Å². The summed E-state index contributed by atoms with van der Waals surface area (Å²) in [6.45, 7) is 2.80. The molecule has 0 heterocycles. The molecule has 0 aliphatic rings. The highest BCUT2D eigenvalue weighted by Gasteiger charge is 2.32. The van der Waals surface area contributed by atoms with Crippen LogP contribution in [-0.2, 0) is 9.47 Å². The van der Waals surface area contributed by atoms with E-state index in [-0.39, 0.29) is 6.61 Å². The quantitative estimate of drug-likeness (QED) is 0.447. The van der Waals surface area contributed by atoms with Crippen LogP contribution in [0.4, 0.5) is 0 Å². The van der Waals surface area contributed by atoms with E-state index >= 15 is 0 Å². The molecule has 13 heavy (non-hydrogen) atoms. The maximum atomic E-state index is 8.67. The minimum Gasteiger partial charge on any atom is -0.395 e. The summed E-state index contributed by atoms with van der Waals surface area (Å²) in [6.07, 6.45) is -0.413. The summed E-state index contributed by atoms with van der Waals surface area (Å²) in [5.41, 5.74) is 5.13. The van der Waals surface area contributed by atoms with Crippen LogP contribution >= 0.6 is 0 Å². The Labute approximate surface area is 79.2 Å². The lowest BCUT2D eigenvalue weighted by molar-refractivity contribution is -0.149. The van der Waals surface area contributed by atoms with Crippen molar-refractivity contribution in [2.24, 2.45) is 5.73 Å². The van der Waals surface area contributed by atoms with E-state index in [2.05, 4.69) is 5.32 Å². The molecule has 0 bridgehead atoms. The molecule has 80 valence electrons. The van der Waals surface area contributed by atoms with E-state index in [1.807, 2.05) is 6.92 Å². The van der Waals surface area contributed by atoms with E-state index in [0.717, 1.165) is 0 Å². The highest BCUT2D eigenvalue weighted by atomic mass is 16.7. The van der Waals surface area contributed by atoms with Gasteiger partial charge in [0.15, 0.2) is 6.29 Å². The Hall–Kier alpha value is -0.200. The Morgan fingerprint density at radius 2 is 2.00 bits per heavy atom. The highest BCUT2D eigenvalue weighted by molar-refractivity contribution is 4.87. The van der Waals surface area contributed by atoms with Gasteiger partial charge < -0.3 is 25.6 Å². The van der Waals surface area contributed by atoms with Crippen molar-refractivity contribution < 1.29 is 14.6 Å². The molecule has 0 amide bonds. The van der Waals surface area contributed by atoms with Gasteiger partial charge in [-0.05, 0) is 6.92 Å². The molecule has 0 rings (SSSR count). The first-order chi connectivity index (χ1) is 6.14. The Bertz CT molecular complexity index is 131. The lowest BCUT2D eigenvalue weighted by Crippen LogP contribution is -2.59. The first-order valence-corrected chi connectivity index (χ1v) is 4.26. The molecule has 0 aliphatic carbocycles. The Morgan fingerprint density at radius 1 is 1.46 bits per heavy atom. The molecule has 0 spiro atoms. The molecule has 1 atom stereocenters. The molecule has 0 aromatic carbocycles. The molecular formula is C8H20N2O3. The maximum Gasteiger partial charge on any atom is 0.175 e. The molecule has 0 saturated heterocycles. The minimum atomic E-state index is -0.466. The van der Waals surface area contributed by atoms with Gasteiger partial charge in [-0.15, -0.1) is 0 Å². The molecule has 5 nitrogen and oxygen atoms in total. The van der Waals surface area contributed by atoms with Gasteiger partial charge in [-0.1, -0.05) is 0 Å². The first kappa shape index (κ1) is 12.8. The van der Waals surface area contributed by atoms with E-state index < -0.39 is 11.8 Å². The zero-order valence-corrected chi connectivity index (χ0v) is 8.54. The van der Waals surface area contributed by atoms with Crippen LogP contribution in [0.25, 0.3) is 0 Å². The van der Waals surface area contributed by atoms with Crippen molar-refractivity contribution in [3.05, 3.63) is 0 Å². The normalized spacial score (nSPS) is 16.2. The third-order valence-electron chi connectivity index (χ3n) is 2.01. The van der Waals surface area contributed by atoms with Crippen LogP contribution in [0.15, 0.2) is 0 Å². The predicted octanol–water partition coefficient (Wildman–Crippen LogP) is -1.10. The fourth-order valence-electron chi connectivity index (χ4n) is 1.21. The van der Waals surface area contributed by atoms with Crippen molar-refractivity contribution in [2.45, 2.75) is 18.8 Å². The van der Waals surface area contributed by atoms with Crippen LogP contribution in [0.5, 0.6) is 0 Å². The number of aliphatic hydroxyl groups is 1. The van der Waals surface area contributed by atoms with Crippen molar-refractivity contribution in [3.63, 3.8) is 0 Å². The lowest BCUT2D eigenvalue weighted by Gasteiger charge is -2.35. The molecule has 1 unspecified atom stereocenters. The van der Waals surface area contributed by atoms with Gasteiger partial charge in [-0.2, -0.15) is 0 Å². The smallest absolute Gasteiger partial charge is 0.175 e. The number of aliphatic hydroxyl groups excluding tert-OH is 1. The molecule has 0 saturated carbocycles. The van der Waals surface area contributed by atoms with Crippen molar-refractivity contribution in [1.82, 2.24) is 5.32 Å². The highest BCUT2D eigenvalue weighted by Crippen LogP contribution is 2.11. The Balaban J connectivity index is 4.21. The third kappa shape index (κ3) is 3.58. The second-order valence-corrected chi connectivity index (χ2v) is 3.08. The van der Waals surface area contributed by atoms with Gasteiger partial charge >= 0.3 is 0 Å². The summed E-state index contributed by atoms with van der Waals surface area (Å²) >= 11 is 0. The summed E-state index contributed by atoms with van der Waals surface area (Å²) in [5.74, 6) is 0. The molecule has 0 aromatic rings. The van der Waals surface area contributed by atoms with Crippen LogP contribution in [0.3, 0.4) is 0 Å². The van der Waals surface area contributed by atoms with Crippen LogP contribution in [0.2, 0.25) is 0 Å². The first-order valence-electron chi connectivity index (χ1n) is 4.26.